The zero-order valence-electron chi connectivity index (χ0n) is 9.98. The summed E-state index contributed by atoms with van der Waals surface area (Å²) in [5.74, 6) is -1.15. The standard InChI is InChI=1S/C12H11F3N2O2/c1-7(5-12(13,14)15)17-6-16-10-8(11(18)19)3-2-4-9(10)17/h2-4,6-7H,5H2,1H3,(H,18,19). The van der Waals surface area contributed by atoms with Crippen LogP contribution in [0.25, 0.3) is 11.0 Å². The number of fused-ring (bicyclic) bond motifs is 1. The Bertz CT molecular complexity index is 619. The number of carboxylic acids is 1. The van der Waals surface area contributed by atoms with Crippen LogP contribution < -0.4 is 0 Å². The lowest BCUT2D eigenvalue weighted by Gasteiger charge is -2.16. The zero-order valence-corrected chi connectivity index (χ0v) is 9.98. The highest BCUT2D eigenvalue weighted by atomic mass is 19.4. The molecule has 0 saturated heterocycles. The quantitative estimate of drug-likeness (QED) is 0.933. The Kier molecular flexibility index (Phi) is 3.21. The number of hydrogen-bond donors (Lipinski definition) is 1. The molecular formula is C12H11F3N2O2. The fourth-order valence-corrected chi connectivity index (χ4v) is 2.01. The van der Waals surface area contributed by atoms with Gasteiger partial charge in [-0.25, -0.2) is 9.78 Å². The van der Waals surface area contributed by atoms with E-state index in [1.807, 2.05) is 0 Å². The third-order valence-electron chi connectivity index (χ3n) is 2.84. The van der Waals surface area contributed by atoms with Gasteiger partial charge in [0.2, 0.25) is 0 Å². The van der Waals surface area contributed by atoms with E-state index in [9.17, 15) is 18.0 Å². The van der Waals surface area contributed by atoms with Gasteiger partial charge in [-0.2, -0.15) is 13.2 Å². The molecule has 1 unspecified atom stereocenters. The van der Waals surface area contributed by atoms with Crippen molar-refractivity contribution in [3.05, 3.63) is 30.1 Å². The Morgan fingerprint density at radius 1 is 1.47 bits per heavy atom. The Labute approximate surface area is 106 Å². The van der Waals surface area contributed by atoms with Crippen molar-refractivity contribution in [1.82, 2.24) is 9.55 Å². The van der Waals surface area contributed by atoms with E-state index in [-0.39, 0.29) is 11.1 Å². The summed E-state index contributed by atoms with van der Waals surface area (Å²) in [7, 11) is 0. The topological polar surface area (TPSA) is 55.1 Å². The van der Waals surface area contributed by atoms with Crippen LogP contribution in [-0.2, 0) is 0 Å². The molecule has 1 heterocycles. The highest BCUT2D eigenvalue weighted by Crippen LogP contribution is 2.30. The van der Waals surface area contributed by atoms with Crippen molar-refractivity contribution in [3.63, 3.8) is 0 Å². The predicted octanol–water partition coefficient (Wildman–Crippen LogP) is 3.25. The fourth-order valence-electron chi connectivity index (χ4n) is 2.01. The summed E-state index contributed by atoms with van der Waals surface area (Å²) in [6.07, 6.45) is -4.02. The first-order chi connectivity index (χ1) is 8.79. The van der Waals surface area contributed by atoms with Crippen LogP contribution >= 0.6 is 0 Å². The van der Waals surface area contributed by atoms with Crippen LogP contribution in [0.4, 0.5) is 13.2 Å². The van der Waals surface area contributed by atoms with Gasteiger partial charge in [-0.3, -0.25) is 0 Å². The zero-order chi connectivity index (χ0) is 14.2. The highest BCUT2D eigenvalue weighted by Gasteiger charge is 2.31. The average molecular weight is 272 g/mol. The summed E-state index contributed by atoms with van der Waals surface area (Å²) in [6.45, 7) is 1.42. The molecule has 0 aliphatic rings. The molecule has 0 radical (unpaired) electrons. The third kappa shape index (κ3) is 2.69. The first kappa shape index (κ1) is 13.4. The van der Waals surface area contributed by atoms with E-state index in [1.54, 1.807) is 6.07 Å². The molecule has 1 atom stereocenters. The second kappa shape index (κ2) is 4.56. The molecule has 4 nitrogen and oxygen atoms in total. The molecule has 19 heavy (non-hydrogen) atoms. The Morgan fingerprint density at radius 2 is 2.16 bits per heavy atom. The molecule has 0 aliphatic heterocycles. The van der Waals surface area contributed by atoms with E-state index < -0.39 is 24.6 Å². The summed E-state index contributed by atoms with van der Waals surface area (Å²) in [4.78, 5) is 14.9. The molecular weight excluding hydrogens is 261 g/mol. The van der Waals surface area contributed by atoms with E-state index in [1.165, 1.54) is 30.0 Å². The van der Waals surface area contributed by atoms with Crippen LogP contribution in [0.1, 0.15) is 29.7 Å². The highest BCUT2D eigenvalue weighted by molar-refractivity contribution is 6.00. The lowest BCUT2D eigenvalue weighted by molar-refractivity contribution is -0.141. The number of rotatable bonds is 3. The summed E-state index contributed by atoms with van der Waals surface area (Å²) < 4.78 is 38.5. The van der Waals surface area contributed by atoms with Crippen LogP contribution in [0.5, 0.6) is 0 Å². The number of carbonyl (C=O) groups is 1. The van der Waals surface area contributed by atoms with E-state index in [0.717, 1.165) is 0 Å². The number of carboxylic acid groups (broad SMARTS) is 1. The molecule has 0 amide bonds. The van der Waals surface area contributed by atoms with E-state index in [0.29, 0.717) is 5.52 Å². The number of aromatic nitrogens is 2. The van der Waals surface area contributed by atoms with Crippen molar-refractivity contribution >= 4 is 17.0 Å². The minimum Gasteiger partial charge on any atom is -0.478 e. The number of imidazole rings is 1. The van der Waals surface area contributed by atoms with Gasteiger partial charge in [0, 0.05) is 6.04 Å². The fraction of sp³-hybridized carbons (Fsp3) is 0.333. The number of benzene rings is 1. The second-order valence-electron chi connectivity index (χ2n) is 4.30. The molecule has 0 spiro atoms. The SMILES string of the molecule is CC(CC(F)(F)F)n1cnc2c(C(=O)O)cccc21. The van der Waals surface area contributed by atoms with Crippen molar-refractivity contribution in [3.8, 4) is 0 Å². The Balaban J connectivity index is 2.46. The van der Waals surface area contributed by atoms with Crippen LogP contribution in [-0.4, -0.2) is 26.8 Å². The normalized spacial score (nSPS) is 13.7. The molecule has 1 N–H and O–H groups in total. The molecule has 7 heteroatoms. The number of aromatic carboxylic acids is 1. The Morgan fingerprint density at radius 3 is 2.74 bits per heavy atom. The molecule has 0 aliphatic carbocycles. The van der Waals surface area contributed by atoms with Crippen LogP contribution in [0, 0.1) is 0 Å². The van der Waals surface area contributed by atoms with Crippen molar-refractivity contribution in [2.45, 2.75) is 25.6 Å². The van der Waals surface area contributed by atoms with E-state index in [4.69, 9.17) is 5.11 Å². The Hall–Kier alpha value is -2.05. The first-order valence-corrected chi connectivity index (χ1v) is 5.55. The summed E-state index contributed by atoms with van der Waals surface area (Å²) in [5.41, 5.74) is 0.566. The van der Waals surface area contributed by atoms with Gasteiger partial charge in [0.05, 0.1) is 23.8 Å². The van der Waals surface area contributed by atoms with Gasteiger partial charge < -0.3 is 9.67 Å². The lowest BCUT2D eigenvalue weighted by atomic mass is 10.1. The van der Waals surface area contributed by atoms with E-state index >= 15 is 0 Å². The molecule has 102 valence electrons. The monoisotopic (exact) mass is 272 g/mol. The number of alkyl halides is 3. The minimum absolute atomic E-state index is 0.0181. The van der Waals surface area contributed by atoms with Crippen molar-refractivity contribution < 1.29 is 23.1 Å². The van der Waals surface area contributed by atoms with Gasteiger partial charge >= 0.3 is 12.1 Å². The van der Waals surface area contributed by atoms with Crippen molar-refractivity contribution in [2.75, 3.05) is 0 Å². The van der Waals surface area contributed by atoms with Gasteiger partial charge in [-0.15, -0.1) is 0 Å². The first-order valence-electron chi connectivity index (χ1n) is 5.55. The second-order valence-corrected chi connectivity index (χ2v) is 4.30. The predicted molar refractivity (Wildman–Crippen MR) is 62.1 cm³/mol. The molecule has 2 aromatic rings. The van der Waals surface area contributed by atoms with Gasteiger partial charge in [0.15, 0.2) is 0 Å². The number of halogens is 3. The largest absolute Gasteiger partial charge is 0.478 e. The van der Waals surface area contributed by atoms with Gasteiger partial charge in [-0.1, -0.05) is 6.07 Å². The van der Waals surface area contributed by atoms with Crippen LogP contribution in [0.15, 0.2) is 24.5 Å². The summed E-state index contributed by atoms with van der Waals surface area (Å²) in [5, 5.41) is 8.99. The smallest absolute Gasteiger partial charge is 0.391 e. The molecule has 0 fully saturated rings. The van der Waals surface area contributed by atoms with Gasteiger partial charge in [-0.05, 0) is 19.1 Å². The molecule has 0 bridgehead atoms. The maximum Gasteiger partial charge on any atom is 0.391 e. The van der Waals surface area contributed by atoms with Gasteiger partial charge in [0.1, 0.15) is 5.52 Å². The molecule has 0 saturated carbocycles. The summed E-state index contributed by atoms with van der Waals surface area (Å²) >= 11 is 0. The van der Waals surface area contributed by atoms with Crippen molar-refractivity contribution in [1.29, 1.82) is 0 Å². The van der Waals surface area contributed by atoms with Crippen molar-refractivity contribution in [2.24, 2.45) is 0 Å². The number of nitrogens with zero attached hydrogens (tertiary/aromatic N) is 2. The molecule has 1 aromatic heterocycles. The molecule has 2 rings (SSSR count). The average Bonchev–Trinajstić information content (AvgIpc) is 2.69. The minimum atomic E-state index is -4.28. The van der Waals surface area contributed by atoms with E-state index in [2.05, 4.69) is 4.98 Å². The maximum atomic E-state index is 12.4. The summed E-state index contributed by atoms with van der Waals surface area (Å²) in [6, 6.07) is 3.58. The third-order valence-corrected chi connectivity index (χ3v) is 2.84. The van der Waals surface area contributed by atoms with Crippen LogP contribution in [0.2, 0.25) is 0 Å². The maximum absolute atomic E-state index is 12.4. The van der Waals surface area contributed by atoms with Gasteiger partial charge in [0.25, 0.3) is 0 Å². The lowest BCUT2D eigenvalue weighted by Crippen LogP contribution is -2.16. The number of para-hydroxylation sites is 1. The van der Waals surface area contributed by atoms with Crippen LogP contribution in [0.3, 0.4) is 0 Å². The molecule has 1 aromatic carbocycles. The number of hydrogen-bond acceptors (Lipinski definition) is 2.